The average molecular weight is 227 g/mol. The highest BCUT2D eigenvalue weighted by molar-refractivity contribution is 7.98. The SMILES string of the molecule is CSc1cc(N(CCN)CCN)ncn1. The zero-order chi connectivity index (χ0) is 11.1. The molecule has 0 aliphatic heterocycles. The molecule has 84 valence electrons. The average Bonchev–Trinajstić information content (AvgIpc) is 2.29. The molecule has 0 atom stereocenters. The number of rotatable bonds is 6. The molecular formula is C9H17N5S. The highest BCUT2D eigenvalue weighted by atomic mass is 32.2. The first kappa shape index (κ1) is 12.2. The number of hydrogen-bond acceptors (Lipinski definition) is 6. The van der Waals surface area contributed by atoms with Gasteiger partial charge in [-0.25, -0.2) is 9.97 Å². The van der Waals surface area contributed by atoms with E-state index in [1.807, 2.05) is 12.3 Å². The molecular weight excluding hydrogens is 210 g/mol. The third-order valence-corrected chi connectivity index (χ3v) is 2.60. The first-order chi connectivity index (χ1) is 7.31. The zero-order valence-corrected chi connectivity index (χ0v) is 9.70. The summed E-state index contributed by atoms with van der Waals surface area (Å²) in [6, 6.07) is 1.95. The lowest BCUT2D eigenvalue weighted by molar-refractivity contribution is 0.764. The highest BCUT2D eigenvalue weighted by Crippen LogP contribution is 2.16. The first-order valence-corrected chi connectivity index (χ1v) is 6.05. The molecule has 0 unspecified atom stereocenters. The van der Waals surface area contributed by atoms with Gasteiger partial charge in [-0.3, -0.25) is 0 Å². The van der Waals surface area contributed by atoms with Crippen molar-refractivity contribution in [3.8, 4) is 0 Å². The molecule has 5 nitrogen and oxygen atoms in total. The lowest BCUT2D eigenvalue weighted by Crippen LogP contribution is -2.34. The topological polar surface area (TPSA) is 81.1 Å². The fourth-order valence-electron chi connectivity index (χ4n) is 1.27. The number of hydrogen-bond donors (Lipinski definition) is 2. The van der Waals surface area contributed by atoms with Crippen molar-refractivity contribution < 1.29 is 0 Å². The third kappa shape index (κ3) is 3.65. The second-order valence-electron chi connectivity index (χ2n) is 2.98. The molecule has 1 aromatic heterocycles. The number of anilines is 1. The minimum Gasteiger partial charge on any atom is -0.354 e. The minimum absolute atomic E-state index is 0.596. The lowest BCUT2D eigenvalue weighted by Gasteiger charge is -2.22. The summed E-state index contributed by atoms with van der Waals surface area (Å²) in [4.78, 5) is 10.4. The van der Waals surface area contributed by atoms with E-state index in [2.05, 4.69) is 14.9 Å². The van der Waals surface area contributed by atoms with Crippen molar-refractivity contribution in [1.82, 2.24) is 9.97 Å². The summed E-state index contributed by atoms with van der Waals surface area (Å²) in [5.74, 6) is 0.894. The van der Waals surface area contributed by atoms with Crippen molar-refractivity contribution in [2.45, 2.75) is 5.03 Å². The molecule has 1 heterocycles. The van der Waals surface area contributed by atoms with Crippen LogP contribution in [0, 0.1) is 0 Å². The molecule has 0 spiro atoms. The first-order valence-electron chi connectivity index (χ1n) is 4.83. The molecule has 4 N–H and O–H groups in total. The van der Waals surface area contributed by atoms with Crippen LogP contribution in [0.15, 0.2) is 17.4 Å². The normalized spacial score (nSPS) is 10.3. The largest absolute Gasteiger partial charge is 0.354 e. The Hall–Kier alpha value is -0.850. The van der Waals surface area contributed by atoms with Crippen LogP contribution in [0.4, 0.5) is 5.82 Å². The van der Waals surface area contributed by atoms with Crippen LogP contribution in [0.5, 0.6) is 0 Å². The van der Waals surface area contributed by atoms with Gasteiger partial charge in [0.2, 0.25) is 0 Å². The lowest BCUT2D eigenvalue weighted by atomic mass is 10.4. The molecule has 15 heavy (non-hydrogen) atoms. The maximum atomic E-state index is 5.54. The van der Waals surface area contributed by atoms with Gasteiger partial charge in [-0.2, -0.15) is 0 Å². The predicted octanol–water partition coefficient (Wildman–Crippen LogP) is -0.0777. The Morgan fingerprint density at radius 3 is 2.47 bits per heavy atom. The van der Waals surface area contributed by atoms with Crippen LogP contribution in [-0.4, -0.2) is 42.4 Å². The van der Waals surface area contributed by atoms with Gasteiger partial charge in [0.15, 0.2) is 0 Å². The quantitative estimate of drug-likeness (QED) is 0.523. The minimum atomic E-state index is 0.596. The van der Waals surface area contributed by atoms with Crippen molar-refractivity contribution in [1.29, 1.82) is 0 Å². The summed E-state index contributed by atoms with van der Waals surface area (Å²) in [7, 11) is 0. The van der Waals surface area contributed by atoms with E-state index < -0.39 is 0 Å². The van der Waals surface area contributed by atoms with Gasteiger partial charge in [-0.05, 0) is 6.26 Å². The van der Waals surface area contributed by atoms with Crippen molar-refractivity contribution >= 4 is 17.6 Å². The molecule has 0 aliphatic rings. The molecule has 0 saturated heterocycles. The molecule has 6 heteroatoms. The molecule has 0 aromatic carbocycles. The number of thioether (sulfide) groups is 1. The highest BCUT2D eigenvalue weighted by Gasteiger charge is 2.06. The van der Waals surface area contributed by atoms with Crippen LogP contribution in [0.1, 0.15) is 0 Å². The van der Waals surface area contributed by atoms with Crippen molar-refractivity contribution in [3.63, 3.8) is 0 Å². The smallest absolute Gasteiger partial charge is 0.133 e. The fourth-order valence-corrected chi connectivity index (χ4v) is 1.64. The van der Waals surface area contributed by atoms with E-state index in [1.165, 1.54) is 0 Å². The summed E-state index contributed by atoms with van der Waals surface area (Å²) in [6.07, 6.45) is 3.56. The summed E-state index contributed by atoms with van der Waals surface area (Å²) < 4.78 is 0. The predicted molar refractivity (Wildman–Crippen MR) is 64.1 cm³/mol. The van der Waals surface area contributed by atoms with Gasteiger partial charge < -0.3 is 16.4 Å². The monoisotopic (exact) mass is 227 g/mol. The maximum absolute atomic E-state index is 5.54. The van der Waals surface area contributed by atoms with Crippen LogP contribution in [0.2, 0.25) is 0 Å². The maximum Gasteiger partial charge on any atom is 0.133 e. The van der Waals surface area contributed by atoms with Gasteiger partial charge >= 0.3 is 0 Å². The van der Waals surface area contributed by atoms with Crippen LogP contribution in [0.3, 0.4) is 0 Å². The standard InChI is InChI=1S/C9H17N5S/c1-15-9-6-8(12-7-13-9)14(4-2-10)5-3-11/h6-7H,2-5,10-11H2,1H3. The molecule has 0 amide bonds. The molecule has 0 saturated carbocycles. The Morgan fingerprint density at radius 2 is 1.93 bits per heavy atom. The number of nitrogens with zero attached hydrogens (tertiary/aromatic N) is 3. The Morgan fingerprint density at radius 1 is 1.27 bits per heavy atom. The van der Waals surface area contributed by atoms with Crippen LogP contribution in [-0.2, 0) is 0 Å². The second kappa shape index (κ2) is 6.60. The molecule has 1 rings (SSSR count). The number of nitrogens with two attached hydrogens (primary N) is 2. The summed E-state index contributed by atoms with van der Waals surface area (Å²) in [6.45, 7) is 2.72. The summed E-state index contributed by atoms with van der Waals surface area (Å²) in [5.41, 5.74) is 11.1. The van der Waals surface area contributed by atoms with E-state index in [-0.39, 0.29) is 0 Å². The van der Waals surface area contributed by atoms with E-state index in [0.29, 0.717) is 13.1 Å². The van der Waals surface area contributed by atoms with Crippen LogP contribution >= 0.6 is 11.8 Å². The van der Waals surface area contributed by atoms with Gasteiger partial charge in [-0.15, -0.1) is 11.8 Å². The van der Waals surface area contributed by atoms with Gasteiger partial charge in [0.25, 0.3) is 0 Å². The van der Waals surface area contributed by atoms with Gasteiger partial charge in [0.1, 0.15) is 17.2 Å². The van der Waals surface area contributed by atoms with E-state index in [9.17, 15) is 0 Å². The van der Waals surface area contributed by atoms with Gasteiger partial charge in [0, 0.05) is 32.2 Å². The van der Waals surface area contributed by atoms with Crippen molar-refractivity contribution in [3.05, 3.63) is 12.4 Å². The van der Waals surface area contributed by atoms with E-state index in [1.54, 1.807) is 18.1 Å². The van der Waals surface area contributed by atoms with Crippen LogP contribution < -0.4 is 16.4 Å². The van der Waals surface area contributed by atoms with Gasteiger partial charge in [-0.1, -0.05) is 0 Å². The zero-order valence-electron chi connectivity index (χ0n) is 8.89. The summed E-state index contributed by atoms with van der Waals surface area (Å²) in [5, 5.41) is 0.957. The Kier molecular flexibility index (Phi) is 5.38. The number of aromatic nitrogens is 2. The molecule has 0 aliphatic carbocycles. The third-order valence-electron chi connectivity index (χ3n) is 1.96. The molecule has 0 fully saturated rings. The van der Waals surface area contributed by atoms with Crippen molar-refractivity contribution in [2.24, 2.45) is 11.5 Å². The van der Waals surface area contributed by atoms with E-state index >= 15 is 0 Å². The summed E-state index contributed by atoms with van der Waals surface area (Å²) >= 11 is 1.60. The molecule has 0 bridgehead atoms. The second-order valence-corrected chi connectivity index (χ2v) is 3.81. The van der Waals surface area contributed by atoms with E-state index in [4.69, 9.17) is 11.5 Å². The Bertz CT molecular complexity index is 288. The Balaban J connectivity index is 2.79. The molecule has 1 aromatic rings. The van der Waals surface area contributed by atoms with Crippen molar-refractivity contribution in [2.75, 3.05) is 37.3 Å². The van der Waals surface area contributed by atoms with E-state index in [0.717, 1.165) is 23.9 Å². The molecule has 0 radical (unpaired) electrons. The van der Waals surface area contributed by atoms with Gasteiger partial charge in [0.05, 0.1) is 0 Å². The Labute approximate surface area is 94.3 Å². The van der Waals surface area contributed by atoms with Crippen LogP contribution in [0.25, 0.3) is 0 Å². The fraction of sp³-hybridized carbons (Fsp3) is 0.556.